The maximum absolute atomic E-state index is 13.0. The van der Waals surface area contributed by atoms with Crippen LogP contribution in [0.5, 0.6) is 0 Å². The van der Waals surface area contributed by atoms with Gasteiger partial charge in [-0.25, -0.2) is 4.39 Å². The van der Waals surface area contributed by atoms with Gasteiger partial charge in [0.2, 0.25) is 0 Å². The lowest BCUT2D eigenvalue weighted by molar-refractivity contribution is 0.325. The van der Waals surface area contributed by atoms with E-state index in [1.54, 1.807) is 6.07 Å². The Hall–Kier alpha value is -0.930. The van der Waals surface area contributed by atoms with E-state index >= 15 is 0 Å². The molecule has 1 aliphatic heterocycles. The molecule has 0 saturated carbocycles. The molecule has 2 N–H and O–H groups in total. The minimum absolute atomic E-state index is 0.0225. The second kappa shape index (κ2) is 3.67. The van der Waals surface area contributed by atoms with Crippen molar-refractivity contribution in [2.75, 3.05) is 13.6 Å². The summed E-state index contributed by atoms with van der Waals surface area (Å²) >= 11 is 0. The summed E-state index contributed by atoms with van der Waals surface area (Å²) in [6.45, 7) is 1.83. The molecule has 0 unspecified atom stereocenters. The summed E-state index contributed by atoms with van der Waals surface area (Å²) in [6, 6.07) is 4.89. The van der Waals surface area contributed by atoms with Gasteiger partial charge in [-0.2, -0.15) is 0 Å². The molecule has 0 radical (unpaired) electrons. The standard InChI is InChI=1S/C11H15FN2/c1-14-5-4-11(13)10-6-9(12)3-2-8(10)7-14/h2-3,6,11H,4-5,7,13H2,1H3/t11-/m1/s1. The smallest absolute Gasteiger partial charge is 0.123 e. The van der Waals surface area contributed by atoms with Crippen molar-refractivity contribution in [3.8, 4) is 0 Å². The van der Waals surface area contributed by atoms with Gasteiger partial charge in [0.25, 0.3) is 0 Å². The molecule has 0 aromatic heterocycles. The predicted octanol–water partition coefficient (Wildman–Crippen LogP) is 1.66. The summed E-state index contributed by atoms with van der Waals surface area (Å²) in [5.41, 5.74) is 8.10. The predicted molar refractivity (Wildman–Crippen MR) is 54.3 cm³/mol. The van der Waals surface area contributed by atoms with Gasteiger partial charge in [-0.1, -0.05) is 6.07 Å². The number of benzene rings is 1. The molecule has 1 aromatic carbocycles. The van der Waals surface area contributed by atoms with E-state index in [0.29, 0.717) is 0 Å². The number of hydrogen-bond donors (Lipinski definition) is 1. The van der Waals surface area contributed by atoms with Gasteiger partial charge >= 0.3 is 0 Å². The summed E-state index contributed by atoms with van der Waals surface area (Å²) in [5, 5.41) is 0. The molecule has 3 heteroatoms. The summed E-state index contributed by atoms with van der Waals surface area (Å²) in [7, 11) is 2.06. The van der Waals surface area contributed by atoms with Crippen LogP contribution in [0.15, 0.2) is 18.2 Å². The summed E-state index contributed by atoms with van der Waals surface area (Å²) < 4.78 is 13.0. The van der Waals surface area contributed by atoms with Crippen LogP contribution in [0.4, 0.5) is 4.39 Å². The zero-order valence-corrected chi connectivity index (χ0v) is 8.33. The molecular formula is C11H15FN2. The Morgan fingerprint density at radius 1 is 1.50 bits per heavy atom. The Labute approximate surface area is 83.5 Å². The molecule has 1 aliphatic rings. The zero-order chi connectivity index (χ0) is 10.1. The minimum Gasteiger partial charge on any atom is -0.324 e. The molecule has 14 heavy (non-hydrogen) atoms. The van der Waals surface area contributed by atoms with Crippen molar-refractivity contribution in [3.63, 3.8) is 0 Å². The van der Waals surface area contributed by atoms with E-state index in [0.717, 1.165) is 30.6 Å². The highest BCUT2D eigenvalue weighted by atomic mass is 19.1. The number of hydrogen-bond acceptors (Lipinski definition) is 2. The van der Waals surface area contributed by atoms with Crippen LogP contribution in [0.25, 0.3) is 0 Å². The van der Waals surface area contributed by atoms with Gasteiger partial charge in [0.15, 0.2) is 0 Å². The minimum atomic E-state index is -0.191. The van der Waals surface area contributed by atoms with Crippen molar-refractivity contribution >= 4 is 0 Å². The van der Waals surface area contributed by atoms with Crippen LogP contribution in [0.3, 0.4) is 0 Å². The third-order valence-corrected chi connectivity index (χ3v) is 2.77. The van der Waals surface area contributed by atoms with Gasteiger partial charge < -0.3 is 10.6 Å². The summed E-state index contributed by atoms with van der Waals surface area (Å²) in [6.07, 6.45) is 0.896. The van der Waals surface area contributed by atoms with E-state index in [4.69, 9.17) is 5.73 Å². The number of fused-ring (bicyclic) bond motifs is 1. The Kier molecular flexibility index (Phi) is 2.52. The highest BCUT2D eigenvalue weighted by Crippen LogP contribution is 2.24. The monoisotopic (exact) mass is 194 g/mol. The molecule has 0 aliphatic carbocycles. The van der Waals surface area contributed by atoms with Crippen LogP contribution in [0.1, 0.15) is 23.6 Å². The molecule has 0 fully saturated rings. The normalized spacial score (nSPS) is 22.9. The van der Waals surface area contributed by atoms with Crippen molar-refractivity contribution in [3.05, 3.63) is 35.1 Å². The molecule has 0 bridgehead atoms. The molecular weight excluding hydrogens is 179 g/mol. The molecule has 0 spiro atoms. The van der Waals surface area contributed by atoms with Gasteiger partial charge in [0, 0.05) is 12.6 Å². The quantitative estimate of drug-likeness (QED) is 0.680. The van der Waals surface area contributed by atoms with E-state index < -0.39 is 0 Å². The van der Waals surface area contributed by atoms with Gasteiger partial charge in [-0.15, -0.1) is 0 Å². The highest BCUT2D eigenvalue weighted by molar-refractivity contribution is 5.31. The highest BCUT2D eigenvalue weighted by Gasteiger charge is 2.17. The molecule has 2 nitrogen and oxygen atoms in total. The Balaban J connectivity index is 2.42. The van der Waals surface area contributed by atoms with Crippen molar-refractivity contribution < 1.29 is 4.39 Å². The lowest BCUT2D eigenvalue weighted by Gasteiger charge is -2.12. The van der Waals surface area contributed by atoms with Crippen LogP contribution >= 0.6 is 0 Å². The SMILES string of the molecule is CN1CC[C@@H](N)c2cc(F)ccc2C1. The average Bonchev–Trinajstić information content (AvgIpc) is 2.29. The molecule has 0 amide bonds. The second-order valence-electron chi connectivity index (χ2n) is 3.98. The summed E-state index contributed by atoms with van der Waals surface area (Å²) in [5.74, 6) is -0.191. The van der Waals surface area contributed by atoms with Gasteiger partial charge in [0.05, 0.1) is 0 Å². The van der Waals surface area contributed by atoms with E-state index in [2.05, 4.69) is 11.9 Å². The fraction of sp³-hybridized carbons (Fsp3) is 0.455. The van der Waals surface area contributed by atoms with Gasteiger partial charge in [-0.3, -0.25) is 0 Å². The van der Waals surface area contributed by atoms with Gasteiger partial charge in [-0.05, 0) is 43.3 Å². The van der Waals surface area contributed by atoms with Crippen molar-refractivity contribution in [2.24, 2.45) is 5.73 Å². The first-order valence-electron chi connectivity index (χ1n) is 4.89. The first kappa shape index (κ1) is 9.62. The number of nitrogens with two attached hydrogens (primary N) is 1. The molecule has 2 rings (SSSR count). The molecule has 1 atom stereocenters. The second-order valence-corrected chi connectivity index (χ2v) is 3.98. The average molecular weight is 194 g/mol. The lowest BCUT2D eigenvalue weighted by Crippen LogP contribution is -2.18. The molecule has 1 aromatic rings. The molecule has 1 heterocycles. The summed E-state index contributed by atoms with van der Waals surface area (Å²) in [4.78, 5) is 2.21. The Morgan fingerprint density at radius 3 is 3.07 bits per heavy atom. The van der Waals surface area contributed by atoms with Crippen molar-refractivity contribution in [1.29, 1.82) is 0 Å². The Morgan fingerprint density at radius 2 is 2.29 bits per heavy atom. The van der Waals surface area contributed by atoms with Gasteiger partial charge in [0.1, 0.15) is 5.82 Å². The Bertz CT molecular complexity index is 338. The van der Waals surface area contributed by atoms with Crippen LogP contribution in [-0.2, 0) is 6.54 Å². The lowest BCUT2D eigenvalue weighted by atomic mass is 10.00. The van der Waals surface area contributed by atoms with Crippen molar-refractivity contribution in [2.45, 2.75) is 19.0 Å². The molecule has 76 valence electrons. The fourth-order valence-electron chi connectivity index (χ4n) is 1.94. The van der Waals surface area contributed by atoms with Crippen LogP contribution in [-0.4, -0.2) is 18.5 Å². The van der Waals surface area contributed by atoms with Crippen LogP contribution in [0.2, 0.25) is 0 Å². The zero-order valence-electron chi connectivity index (χ0n) is 8.33. The number of halogens is 1. The molecule has 0 saturated heterocycles. The first-order valence-corrected chi connectivity index (χ1v) is 4.89. The van der Waals surface area contributed by atoms with E-state index in [1.807, 2.05) is 6.07 Å². The van der Waals surface area contributed by atoms with Crippen molar-refractivity contribution in [1.82, 2.24) is 4.90 Å². The largest absolute Gasteiger partial charge is 0.324 e. The maximum Gasteiger partial charge on any atom is 0.123 e. The maximum atomic E-state index is 13.0. The first-order chi connectivity index (χ1) is 6.66. The number of rotatable bonds is 0. The van der Waals surface area contributed by atoms with E-state index in [1.165, 1.54) is 6.07 Å². The van der Waals surface area contributed by atoms with E-state index in [9.17, 15) is 4.39 Å². The third-order valence-electron chi connectivity index (χ3n) is 2.77. The van der Waals surface area contributed by atoms with Crippen LogP contribution < -0.4 is 5.73 Å². The third kappa shape index (κ3) is 1.79. The van der Waals surface area contributed by atoms with Crippen LogP contribution in [0, 0.1) is 5.82 Å². The number of nitrogens with zero attached hydrogens (tertiary/aromatic N) is 1. The van der Waals surface area contributed by atoms with E-state index in [-0.39, 0.29) is 11.9 Å². The fourth-order valence-corrected chi connectivity index (χ4v) is 1.94. The topological polar surface area (TPSA) is 29.3 Å².